The lowest BCUT2D eigenvalue weighted by Crippen LogP contribution is -2.44. The summed E-state index contributed by atoms with van der Waals surface area (Å²) in [4.78, 5) is 11.0. The fraction of sp³-hybridized carbons (Fsp3) is 0.300. The van der Waals surface area contributed by atoms with Crippen LogP contribution in [0, 0.1) is 0 Å². The molecule has 0 saturated heterocycles. The van der Waals surface area contributed by atoms with Crippen LogP contribution in [0.2, 0.25) is 0 Å². The first-order chi connectivity index (χ1) is 6.68. The van der Waals surface area contributed by atoms with E-state index in [0.717, 1.165) is 17.7 Å². The molecule has 0 saturated carbocycles. The average molecular weight is 192 g/mol. The summed E-state index contributed by atoms with van der Waals surface area (Å²) in [6, 6.07) is 6.99. The predicted octanol–water partition coefficient (Wildman–Crippen LogP) is 0.762. The molecule has 1 unspecified atom stereocenters. The van der Waals surface area contributed by atoms with Crippen molar-refractivity contribution in [1.82, 2.24) is 10.4 Å². The van der Waals surface area contributed by atoms with Crippen LogP contribution in [0.15, 0.2) is 24.3 Å². The number of nitrogens with one attached hydrogen (secondary N) is 1. The maximum atomic E-state index is 11.0. The van der Waals surface area contributed by atoms with Gasteiger partial charge in [0.15, 0.2) is 0 Å². The van der Waals surface area contributed by atoms with Crippen LogP contribution in [0.4, 0.5) is 0 Å². The van der Waals surface area contributed by atoms with E-state index in [0.29, 0.717) is 0 Å². The van der Waals surface area contributed by atoms with Gasteiger partial charge in [-0.05, 0) is 11.1 Å². The average Bonchev–Trinajstić information content (AvgIpc) is 2.16. The van der Waals surface area contributed by atoms with Crippen molar-refractivity contribution in [3.8, 4) is 0 Å². The number of aliphatic carboxylic acids is 1. The molecular formula is C10H12N2O2. The van der Waals surface area contributed by atoms with E-state index in [2.05, 4.69) is 5.43 Å². The fourth-order valence-corrected chi connectivity index (χ4v) is 1.74. The summed E-state index contributed by atoms with van der Waals surface area (Å²) in [5.41, 5.74) is 4.84. The molecule has 2 N–H and O–H groups in total. The van der Waals surface area contributed by atoms with Gasteiger partial charge in [-0.2, -0.15) is 0 Å². The monoisotopic (exact) mass is 192 g/mol. The van der Waals surface area contributed by atoms with Gasteiger partial charge in [-0.3, -0.25) is 4.79 Å². The fourth-order valence-electron chi connectivity index (χ4n) is 1.74. The van der Waals surface area contributed by atoms with Crippen molar-refractivity contribution in [1.29, 1.82) is 0 Å². The number of hydrogen-bond acceptors (Lipinski definition) is 3. The van der Waals surface area contributed by atoms with Crippen molar-refractivity contribution in [2.45, 2.75) is 12.6 Å². The maximum Gasteiger partial charge on any atom is 0.326 e. The Balaban J connectivity index is 2.43. The van der Waals surface area contributed by atoms with Gasteiger partial charge in [0.05, 0.1) is 0 Å². The van der Waals surface area contributed by atoms with Gasteiger partial charge < -0.3 is 5.11 Å². The third-order valence-electron chi connectivity index (χ3n) is 2.37. The molecule has 14 heavy (non-hydrogen) atoms. The number of fused-ring (bicyclic) bond motifs is 1. The van der Waals surface area contributed by atoms with Crippen LogP contribution in [0.25, 0.3) is 0 Å². The summed E-state index contributed by atoms with van der Waals surface area (Å²) in [7, 11) is 1.84. The zero-order valence-electron chi connectivity index (χ0n) is 7.90. The molecule has 0 amide bonds. The Hall–Kier alpha value is -1.39. The number of benzene rings is 1. The Morgan fingerprint density at radius 3 is 3.00 bits per heavy atom. The molecule has 1 aliphatic rings. The number of hydrogen-bond donors (Lipinski definition) is 2. The Bertz CT molecular complexity index is 365. The molecule has 0 spiro atoms. The summed E-state index contributed by atoms with van der Waals surface area (Å²) in [5.74, 6) is -0.844. The van der Waals surface area contributed by atoms with Gasteiger partial charge in [0, 0.05) is 13.6 Å². The summed E-state index contributed by atoms with van der Waals surface area (Å²) in [5, 5.41) is 10.8. The van der Waals surface area contributed by atoms with Gasteiger partial charge in [0.1, 0.15) is 6.04 Å². The molecule has 0 aromatic heterocycles. The lowest BCUT2D eigenvalue weighted by molar-refractivity contribution is -0.141. The third-order valence-corrected chi connectivity index (χ3v) is 2.37. The van der Waals surface area contributed by atoms with Crippen molar-refractivity contribution >= 4 is 5.97 Å². The largest absolute Gasteiger partial charge is 0.480 e. The molecular weight excluding hydrogens is 180 g/mol. The first-order valence-corrected chi connectivity index (χ1v) is 4.46. The summed E-state index contributed by atoms with van der Waals surface area (Å²) in [6.07, 6.45) is 0. The van der Waals surface area contributed by atoms with Gasteiger partial charge in [0.25, 0.3) is 0 Å². The van der Waals surface area contributed by atoms with E-state index in [1.807, 2.05) is 31.3 Å². The molecule has 0 radical (unpaired) electrons. The number of carbonyl (C=O) groups is 1. The van der Waals surface area contributed by atoms with Crippen molar-refractivity contribution < 1.29 is 9.90 Å². The molecule has 1 aromatic carbocycles. The smallest absolute Gasteiger partial charge is 0.326 e. The van der Waals surface area contributed by atoms with Crippen LogP contribution < -0.4 is 5.43 Å². The highest BCUT2D eigenvalue weighted by atomic mass is 16.4. The Morgan fingerprint density at radius 1 is 1.57 bits per heavy atom. The van der Waals surface area contributed by atoms with Gasteiger partial charge in [-0.1, -0.05) is 24.3 Å². The Labute approximate surface area is 82.1 Å². The van der Waals surface area contributed by atoms with E-state index in [1.165, 1.54) is 0 Å². The van der Waals surface area contributed by atoms with E-state index < -0.39 is 12.0 Å². The normalized spacial score (nSPS) is 21.6. The second kappa shape index (κ2) is 3.40. The minimum absolute atomic E-state index is 0.620. The van der Waals surface area contributed by atoms with Crippen LogP contribution >= 0.6 is 0 Å². The topological polar surface area (TPSA) is 52.6 Å². The molecule has 0 bridgehead atoms. The molecule has 0 aliphatic carbocycles. The molecule has 2 rings (SSSR count). The molecule has 1 aromatic rings. The molecule has 1 heterocycles. The standard InChI is InChI=1S/C10H12N2O2/c1-12-6-7-4-2-3-5-8(7)9(11-12)10(13)14/h2-5,9,11H,6H2,1H3,(H,13,14). The number of hydrazine groups is 1. The molecule has 4 nitrogen and oxygen atoms in total. The van der Waals surface area contributed by atoms with Crippen LogP contribution in [0.1, 0.15) is 17.2 Å². The summed E-state index contributed by atoms with van der Waals surface area (Å²) in [6.45, 7) is 0.736. The third kappa shape index (κ3) is 1.49. The van der Waals surface area contributed by atoms with Crippen molar-refractivity contribution in [2.24, 2.45) is 0 Å². The van der Waals surface area contributed by atoms with E-state index >= 15 is 0 Å². The summed E-state index contributed by atoms with van der Waals surface area (Å²) < 4.78 is 0. The molecule has 74 valence electrons. The maximum absolute atomic E-state index is 11.0. The summed E-state index contributed by atoms with van der Waals surface area (Å²) >= 11 is 0. The Kier molecular flexibility index (Phi) is 2.23. The first kappa shape index (κ1) is 9.18. The molecule has 1 aliphatic heterocycles. The SMILES string of the molecule is CN1Cc2ccccc2C(C(=O)O)N1. The van der Waals surface area contributed by atoms with Crippen LogP contribution in [-0.2, 0) is 11.3 Å². The predicted molar refractivity (Wildman–Crippen MR) is 51.4 cm³/mol. The van der Waals surface area contributed by atoms with Gasteiger partial charge in [0.2, 0.25) is 0 Å². The quantitative estimate of drug-likeness (QED) is 0.689. The van der Waals surface area contributed by atoms with E-state index in [1.54, 1.807) is 5.01 Å². The van der Waals surface area contributed by atoms with E-state index in [-0.39, 0.29) is 0 Å². The number of carboxylic acid groups (broad SMARTS) is 1. The van der Waals surface area contributed by atoms with Crippen LogP contribution in [-0.4, -0.2) is 23.1 Å². The van der Waals surface area contributed by atoms with Gasteiger partial charge in [-0.25, -0.2) is 10.4 Å². The van der Waals surface area contributed by atoms with Crippen LogP contribution in [0.5, 0.6) is 0 Å². The van der Waals surface area contributed by atoms with E-state index in [9.17, 15) is 4.79 Å². The van der Waals surface area contributed by atoms with Gasteiger partial charge >= 0.3 is 5.97 Å². The highest BCUT2D eigenvalue weighted by Crippen LogP contribution is 2.23. The van der Waals surface area contributed by atoms with Crippen molar-refractivity contribution in [3.05, 3.63) is 35.4 Å². The molecule has 4 heteroatoms. The second-order valence-electron chi connectivity index (χ2n) is 3.46. The Morgan fingerprint density at radius 2 is 2.29 bits per heavy atom. The van der Waals surface area contributed by atoms with Gasteiger partial charge in [-0.15, -0.1) is 0 Å². The van der Waals surface area contributed by atoms with Crippen molar-refractivity contribution in [2.75, 3.05) is 7.05 Å². The minimum atomic E-state index is -0.844. The molecule has 0 fully saturated rings. The highest BCUT2D eigenvalue weighted by Gasteiger charge is 2.27. The number of rotatable bonds is 1. The minimum Gasteiger partial charge on any atom is -0.480 e. The second-order valence-corrected chi connectivity index (χ2v) is 3.46. The lowest BCUT2D eigenvalue weighted by Gasteiger charge is -2.30. The van der Waals surface area contributed by atoms with Crippen molar-refractivity contribution in [3.63, 3.8) is 0 Å². The number of carboxylic acids is 1. The molecule has 1 atom stereocenters. The highest BCUT2D eigenvalue weighted by molar-refractivity contribution is 5.76. The van der Waals surface area contributed by atoms with E-state index in [4.69, 9.17) is 5.11 Å². The van der Waals surface area contributed by atoms with Crippen LogP contribution in [0.3, 0.4) is 0 Å². The first-order valence-electron chi connectivity index (χ1n) is 4.46. The number of nitrogens with zero attached hydrogens (tertiary/aromatic N) is 1. The lowest BCUT2D eigenvalue weighted by atomic mass is 9.99. The zero-order valence-corrected chi connectivity index (χ0v) is 7.90. The zero-order chi connectivity index (χ0) is 10.1.